The molecule has 0 heterocycles. The maximum Gasteiger partial charge on any atom is 0.142 e. The molecular formula is C14H20N2O. The van der Waals surface area contributed by atoms with Gasteiger partial charge < -0.3 is 10.5 Å². The van der Waals surface area contributed by atoms with Gasteiger partial charge in [-0.3, -0.25) is 0 Å². The zero-order valence-electron chi connectivity index (χ0n) is 10.4. The van der Waals surface area contributed by atoms with E-state index in [0.29, 0.717) is 23.6 Å². The van der Waals surface area contributed by atoms with Gasteiger partial charge in [0.25, 0.3) is 0 Å². The van der Waals surface area contributed by atoms with Crippen molar-refractivity contribution in [3.63, 3.8) is 0 Å². The molecule has 0 aliphatic carbocycles. The number of nitrogens with zero attached hydrogens (tertiary/aromatic N) is 1. The Morgan fingerprint density at radius 2 is 2.00 bits per heavy atom. The summed E-state index contributed by atoms with van der Waals surface area (Å²) in [6.07, 6.45) is 6.06. The third kappa shape index (κ3) is 4.78. The van der Waals surface area contributed by atoms with E-state index in [1.807, 2.05) is 6.07 Å². The van der Waals surface area contributed by atoms with Crippen molar-refractivity contribution in [1.29, 1.82) is 5.26 Å². The van der Waals surface area contributed by atoms with Crippen LogP contribution in [0.4, 0.5) is 5.69 Å². The molecule has 0 atom stereocenters. The lowest BCUT2D eigenvalue weighted by Crippen LogP contribution is -2.00. The highest BCUT2D eigenvalue weighted by Crippen LogP contribution is 2.22. The summed E-state index contributed by atoms with van der Waals surface area (Å²) < 4.78 is 5.58. The minimum Gasteiger partial charge on any atom is -0.491 e. The molecule has 1 aromatic rings. The van der Waals surface area contributed by atoms with Gasteiger partial charge >= 0.3 is 0 Å². The molecule has 0 amide bonds. The summed E-state index contributed by atoms with van der Waals surface area (Å²) in [5.41, 5.74) is 6.89. The van der Waals surface area contributed by atoms with Crippen molar-refractivity contribution in [3.8, 4) is 11.8 Å². The van der Waals surface area contributed by atoms with E-state index in [2.05, 4.69) is 6.92 Å². The fourth-order valence-electron chi connectivity index (χ4n) is 1.64. The quantitative estimate of drug-likeness (QED) is 0.578. The van der Waals surface area contributed by atoms with E-state index in [0.717, 1.165) is 6.42 Å². The van der Waals surface area contributed by atoms with Crippen molar-refractivity contribution in [2.75, 3.05) is 12.3 Å². The highest BCUT2D eigenvalue weighted by Gasteiger charge is 2.01. The fourth-order valence-corrected chi connectivity index (χ4v) is 1.64. The van der Waals surface area contributed by atoms with Crippen molar-refractivity contribution in [1.82, 2.24) is 0 Å². The van der Waals surface area contributed by atoms with E-state index < -0.39 is 0 Å². The minimum atomic E-state index is 0.539. The van der Waals surface area contributed by atoms with Gasteiger partial charge in [-0.15, -0.1) is 0 Å². The molecular weight excluding hydrogens is 212 g/mol. The van der Waals surface area contributed by atoms with E-state index in [-0.39, 0.29) is 0 Å². The smallest absolute Gasteiger partial charge is 0.142 e. The van der Waals surface area contributed by atoms with E-state index in [4.69, 9.17) is 15.7 Å². The summed E-state index contributed by atoms with van der Waals surface area (Å²) in [4.78, 5) is 0. The Morgan fingerprint density at radius 1 is 1.24 bits per heavy atom. The number of nitriles is 1. The molecule has 0 aromatic heterocycles. The van der Waals surface area contributed by atoms with Gasteiger partial charge in [0.05, 0.1) is 23.9 Å². The van der Waals surface area contributed by atoms with Crippen LogP contribution in [0.25, 0.3) is 0 Å². The summed E-state index contributed by atoms with van der Waals surface area (Å²) in [6.45, 7) is 2.90. The Morgan fingerprint density at radius 3 is 2.65 bits per heavy atom. The number of anilines is 1. The van der Waals surface area contributed by atoms with Gasteiger partial charge in [-0.25, -0.2) is 0 Å². The molecule has 3 nitrogen and oxygen atoms in total. The number of benzene rings is 1. The van der Waals surface area contributed by atoms with Crippen molar-refractivity contribution in [2.45, 2.75) is 39.0 Å². The molecule has 0 aliphatic rings. The van der Waals surface area contributed by atoms with E-state index in [1.165, 1.54) is 25.7 Å². The number of nitrogen functional groups attached to an aromatic ring is 1. The van der Waals surface area contributed by atoms with E-state index in [1.54, 1.807) is 18.2 Å². The highest BCUT2D eigenvalue weighted by atomic mass is 16.5. The number of hydrogen-bond donors (Lipinski definition) is 1. The molecule has 0 saturated carbocycles. The van der Waals surface area contributed by atoms with E-state index >= 15 is 0 Å². The molecule has 3 heteroatoms. The molecule has 17 heavy (non-hydrogen) atoms. The van der Waals surface area contributed by atoms with Gasteiger partial charge in [0, 0.05) is 0 Å². The summed E-state index contributed by atoms with van der Waals surface area (Å²) in [6, 6.07) is 7.18. The third-order valence-corrected chi connectivity index (χ3v) is 2.64. The largest absolute Gasteiger partial charge is 0.491 e. The SMILES string of the molecule is CCCCCCCOc1ccc(C#N)cc1N. The first-order chi connectivity index (χ1) is 8.27. The third-order valence-electron chi connectivity index (χ3n) is 2.64. The molecule has 1 rings (SSSR count). The molecule has 0 aliphatic heterocycles. The highest BCUT2D eigenvalue weighted by molar-refractivity contribution is 5.56. The Labute approximate surface area is 103 Å². The van der Waals surface area contributed by atoms with Crippen molar-refractivity contribution >= 4 is 5.69 Å². The molecule has 1 aromatic carbocycles. The van der Waals surface area contributed by atoms with Crippen LogP contribution in [0.2, 0.25) is 0 Å². The monoisotopic (exact) mass is 232 g/mol. The molecule has 0 spiro atoms. The Hall–Kier alpha value is -1.69. The van der Waals surface area contributed by atoms with Gasteiger partial charge in [0.15, 0.2) is 0 Å². The second kappa shape index (κ2) is 7.56. The van der Waals surface area contributed by atoms with Gasteiger partial charge in [-0.1, -0.05) is 32.6 Å². The average Bonchev–Trinajstić information content (AvgIpc) is 2.35. The lowest BCUT2D eigenvalue weighted by molar-refractivity contribution is 0.306. The first-order valence-electron chi connectivity index (χ1n) is 6.20. The Bertz CT molecular complexity index is 382. The molecule has 92 valence electrons. The first-order valence-corrected chi connectivity index (χ1v) is 6.20. The lowest BCUT2D eigenvalue weighted by Gasteiger charge is -2.08. The van der Waals surface area contributed by atoms with Crippen molar-refractivity contribution in [2.24, 2.45) is 0 Å². The van der Waals surface area contributed by atoms with Gasteiger partial charge in [-0.2, -0.15) is 5.26 Å². The number of rotatable bonds is 7. The normalized spacial score (nSPS) is 9.88. The number of ether oxygens (including phenoxy) is 1. The Kier molecular flexibility index (Phi) is 5.95. The first kappa shape index (κ1) is 13.4. The molecule has 0 unspecified atom stereocenters. The van der Waals surface area contributed by atoms with Crippen molar-refractivity contribution < 1.29 is 4.74 Å². The Balaban J connectivity index is 2.30. The van der Waals surface area contributed by atoms with Crippen LogP contribution in [-0.4, -0.2) is 6.61 Å². The van der Waals surface area contributed by atoms with Gasteiger partial charge in [-0.05, 0) is 24.6 Å². The van der Waals surface area contributed by atoms with Crippen LogP contribution in [0.1, 0.15) is 44.6 Å². The summed E-state index contributed by atoms with van der Waals surface area (Å²) in [5.74, 6) is 0.680. The maximum absolute atomic E-state index is 8.70. The molecule has 0 radical (unpaired) electrons. The van der Waals surface area contributed by atoms with Crippen LogP contribution >= 0.6 is 0 Å². The van der Waals surface area contributed by atoms with Crippen LogP contribution in [0.5, 0.6) is 5.75 Å². The second-order valence-corrected chi connectivity index (χ2v) is 4.13. The fraction of sp³-hybridized carbons (Fsp3) is 0.500. The van der Waals surface area contributed by atoms with Crippen LogP contribution in [0, 0.1) is 11.3 Å². The van der Waals surface area contributed by atoms with Crippen LogP contribution < -0.4 is 10.5 Å². The molecule has 0 saturated heterocycles. The number of unbranched alkanes of at least 4 members (excludes halogenated alkanes) is 4. The summed E-state index contributed by atoms with van der Waals surface area (Å²) in [5, 5.41) is 8.70. The maximum atomic E-state index is 8.70. The molecule has 0 bridgehead atoms. The topological polar surface area (TPSA) is 59.0 Å². The molecule has 0 fully saturated rings. The van der Waals surface area contributed by atoms with Crippen molar-refractivity contribution in [3.05, 3.63) is 23.8 Å². The second-order valence-electron chi connectivity index (χ2n) is 4.13. The van der Waals surface area contributed by atoms with Crippen LogP contribution in [0.3, 0.4) is 0 Å². The zero-order chi connectivity index (χ0) is 12.5. The summed E-state index contributed by atoms with van der Waals surface area (Å²) in [7, 11) is 0. The number of nitrogens with two attached hydrogens (primary N) is 1. The zero-order valence-corrected chi connectivity index (χ0v) is 10.4. The lowest BCUT2D eigenvalue weighted by atomic mass is 10.2. The van der Waals surface area contributed by atoms with Gasteiger partial charge in [0.2, 0.25) is 0 Å². The number of hydrogen-bond acceptors (Lipinski definition) is 3. The minimum absolute atomic E-state index is 0.539. The van der Waals surface area contributed by atoms with E-state index in [9.17, 15) is 0 Å². The van der Waals surface area contributed by atoms with Crippen LogP contribution in [0.15, 0.2) is 18.2 Å². The summed E-state index contributed by atoms with van der Waals surface area (Å²) >= 11 is 0. The van der Waals surface area contributed by atoms with Gasteiger partial charge in [0.1, 0.15) is 5.75 Å². The molecule has 2 N–H and O–H groups in total. The standard InChI is InChI=1S/C14H20N2O/c1-2-3-4-5-6-9-17-14-8-7-12(11-15)10-13(14)16/h7-8,10H,2-6,9,16H2,1H3. The predicted octanol–water partition coefficient (Wildman–Crippen LogP) is 3.49. The predicted molar refractivity (Wildman–Crippen MR) is 69.8 cm³/mol. The van der Waals surface area contributed by atoms with Crippen LogP contribution in [-0.2, 0) is 0 Å². The average molecular weight is 232 g/mol.